The minimum atomic E-state index is 0.0572. The lowest BCUT2D eigenvalue weighted by Gasteiger charge is -2.32. The third kappa shape index (κ3) is 3.89. The largest absolute Gasteiger partial charge is 0.343 e. The predicted octanol–water partition coefficient (Wildman–Crippen LogP) is 2.25. The summed E-state index contributed by atoms with van der Waals surface area (Å²) in [6, 6.07) is 3.71. The van der Waals surface area contributed by atoms with Crippen molar-refractivity contribution < 1.29 is 9.59 Å². The number of rotatable bonds is 3. The van der Waals surface area contributed by atoms with Crippen molar-refractivity contribution in [1.82, 2.24) is 14.8 Å². The molecule has 2 saturated heterocycles. The highest BCUT2D eigenvalue weighted by atomic mass is 16.2. The fourth-order valence-electron chi connectivity index (χ4n) is 3.46. The first kappa shape index (κ1) is 16.0. The van der Waals surface area contributed by atoms with Crippen LogP contribution in [0, 0.1) is 12.8 Å². The van der Waals surface area contributed by atoms with Crippen molar-refractivity contribution >= 4 is 11.8 Å². The molecule has 124 valence electrons. The average molecular weight is 315 g/mol. The van der Waals surface area contributed by atoms with Gasteiger partial charge in [-0.3, -0.25) is 14.6 Å². The molecule has 3 heterocycles. The summed E-state index contributed by atoms with van der Waals surface area (Å²) in [5, 5.41) is 0. The van der Waals surface area contributed by atoms with Crippen LogP contribution in [0.25, 0.3) is 0 Å². The predicted molar refractivity (Wildman–Crippen MR) is 88.0 cm³/mol. The standard InChI is InChI=1S/C18H25N3O2/c1-14-4-5-16(13-19-14)18(23)21-10-6-15(7-11-21)12-17(22)20-8-2-3-9-20/h4-5,13,15H,2-3,6-12H2,1H3. The third-order valence-corrected chi connectivity index (χ3v) is 4.98. The molecule has 5 nitrogen and oxygen atoms in total. The average Bonchev–Trinajstić information content (AvgIpc) is 3.10. The number of aromatic nitrogens is 1. The maximum atomic E-state index is 12.5. The summed E-state index contributed by atoms with van der Waals surface area (Å²) in [4.78, 5) is 32.8. The molecule has 1 aromatic heterocycles. The van der Waals surface area contributed by atoms with Crippen molar-refractivity contribution in [3.05, 3.63) is 29.6 Å². The number of likely N-dealkylation sites (tertiary alicyclic amines) is 2. The molecular weight excluding hydrogens is 290 g/mol. The van der Waals surface area contributed by atoms with Gasteiger partial charge in [0.25, 0.3) is 5.91 Å². The summed E-state index contributed by atoms with van der Waals surface area (Å²) >= 11 is 0. The highest BCUT2D eigenvalue weighted by Gasteiger charge is 2.27. The Balaban J connectivity index is 1.49. The molecule has 2 aliphatic heterocycles. The molecule has 23 heavy (non-hydrogen) atoms. The number of hydrogen-bond acceptors (Lipinski definition) is 3. The maximum absolute atomic E-state index is 12.5. The Bertz CT molecular complexity index is 556. The van der Waals surface area contributed by atoms with E-state index in [4.69, 9.17) is 0 Å². The number of hydrogen-bond donors (Lipinski definition) is 0. The lowest BCUT2D eigenvalue weighted by atomic mass is 9.92. The van der Waals surface area contributed by atoms with Crippen molar-refractivity contribution in [1.29, 1.82) is 0 Å². The lowest BCUT2D eigenvalue weighted by molar-refractivity contribution is -0.131. The van der Waals surface area contributed by atoms with Gasteiger partial charge in [0.15, 0.2) is 0 Å². The molecule has 0 bridgehead atoms. The third-order valence-electron chi connectivity index (χ3n) is 4.98. The van der Waals surface area contributed by atoms with Crippen LogP contribution in [0.3, 0.4) is 0 Å². The lowest BCUT2D eigenvalue weighted by Crippen LogP contribution is -2.40. The molecule has 0 saturated carbocycles. The van der Waals surface area contributed by atoms with Crippen LogP contribution >= 0.6 is 0 Å². The zero-order chi connectivity index (χ0) is 16.2. The first-order valence-electron chi connectivity index (χ1n) is 8.63. The number of nitrogens with zero attached hydrogens (tertiary/aromatic N) is 3. The van der Waals surface area contributed by atoms with Gasteiger partial charge < -0.3 is 9.80 Å². The molecular formula is C18H25N3O2. The summed E-state index contributed by atoms with van der Waals surface area (Å²) in [5.74, 6) is 0.778. The molecule has 0 radical (unpaired) electrons. The van der Waals surface area contributed by atoms with Crippen molar-refractivity contribution in [3.63, 3.8) is 0 Å². The van der Waals surface area contributed by atoms with E-state index in [1.165, 1.54) is 0 Å². The molecule has 3 rings (SSSR count). The second-order valence-electron chi connectivity index (χ2n) is 6.72. The van der Waals surface area contributed by atoms with Crippen LogP contribution in [-0.2, 0) is 4.79 Å². The quantitative estimate of drug-likeness (QED) is 0.859. The number of carbonyl (C=O) groups is 2. The van der Waals surface area contributed by atoms with E-state index in [2.05, 4.69) is 4.98 Å². The van der Waals surface area contributed by atoms with Gasteiger partial charge >= 0.3 is 0 Å². The zero-order valence-corrected chi connectivity index (χ0v) is 13.8. The van der Waals surface area contributed by atoms with Crippen LogP contribution in [0.15, 0.2) is 18.3 Å². The Morgan fingerprint density at radius 2 is 1.78 bits per heavy atom. The molecule has 2 amide bonds. The number of piperidine rings is 1. The fraction of sp³-hybridized carbons (Fsp3) is 0.611. The Hall–Kier alpha value is -1.91. The molecule has 5 heteroatoms. The van der Waals surface area contributed by atoms with Gasteiger partial charge in [0.2, 0.25) is 5.91 Å². The normalized spacial score (nSPS) is 19.2. The highest BCUT2D eigenvalue weighted by Crippen LogP contribution is 2.23. The monoisotopic (exact) mass is 315 g/mol. The summed E-state index contributed by atoms with van der Waals surface area (Å²) in [6.07, 6.45) is 6.43. The molecule has 2 fully saturated rings. The summed E-state index contributed by atoms with van der Waals surface area (Å²) in [5.41, 5.74) is 1.57. The summed E-state index contributed by atoms with van der Waals surface area (Å²) < 4.78 is 0. The second kappa shape index (κ2) is 7.11. The van der Waals surface area contributed by atoms with Gasteiger partial charge in [-0.1, -0.05) is 0 Å². The Labute approximate surface area is 137 Å². The van der Waals surface area contributed by atoms with E-state index in [0.717, 1.165) is 57.6 Å². The smallest absolute Gasteiger partial charge is 0.255 e. The molecule has 0 aromatic carbocycles. The van der Waals surface area contributed by atoms with Crippen LogP contribution < -0.4 is 0 Å². The summed E-state index contributed by atoms with van der Waals surface area (Å²) in [6.45, 7) is 5.25. The van der Waals surface area contributed by atoms with Crippen molar-refractivity contribution in [3.8, 4) is 0 Å². The van der Waals surface area contributed by atoms with E-state index >= 15 is 0 Å². The number of pyridine rings is 1. The van der Waals surface area contributed by atoms with Gasteiger partial charge in [0.1, 0.15) is 0 Å². The number of carbonyl (C=O) groups excluding carboxylic acids is 2. The summed E-state index contributed by atoms with van der Waals surface area (Å²) in [7, 11) is 0. The van der Waals surface area contributed by atoms with Crippen LogP contribution in [0.1, 0.15) is 48.2 Å². The highest BCUT2D eigenvalue weighted by molar-refractivity contribution is 5.94. The Kier molecular flexibility index (Phi) is 4.94. The van der Waals surface area contributed by atoms with Gasteiger partial charge in [0.05, 0.1) is 5.56 Å². The molecule has 2 aliphatic rings. The minimum Gasteiger partial charge on any atom is -0.343 e. The van der Waals surface area contributed by atoms with Crippen LogP contribution in [-0.4, -0.2) is 52.8 Å². The first-order chi connectivity index (χ1) is 11.1. The van der Waals surface area contributed by atoms with E-state index in [9.17, 15) is 9.59 Å². The molecule has 0 unspecified atom stereocenters. The topological polar surface area (TPSA) is 53.5 Å². The van der Waals surface area contributed by atoms with E-state index < -0.39 is 0 Å². The van der Waals surface area contributed by atoms with E-state index in [1.807, 2.05) is 28.9 Å². The SMILES string of the molecule is Cc1ccc(C(=O)N2CCC(CC(=O)N3CCCC3)CC2)cn1. The number of amides is 2. The zero-order valence-electron chi connectivity index (χ0n) is 13.8. The Morgan fingerprint density at radius 1 is 1.09 bits per heavy atom. The van der Waals surface area contributed by atoms with Gasteiger partial charge in [0, 0.05) is 44.5 Å². The van der Waals surface area contributed by atoms with E-state index in [-0.39, 0.29) is 5.91 Å². The first-order valence-corrected chi connectivity index (χ1v) is 8.63. The van der Waals surface area contributed by atoms with Gasteiger partial charge in [-0.05, 0) is 50.7 Å². The molecule has 1 aromatic rings. The maximum Gasteiger partial charge on any atom is 0.255 e. The minimum absolute atomic E-state index is 0.0572. The van der Waals surface area contributed by atoms with Gasteiger partial charge in [-0.15, -0.1) is 0 Å². The van der Waals surface area contributed by atoms with Crippen molar-refractivity contribution in [2.45, 2.75) is 39.0 Å². The second-order valence-corrected chi connectivity index (χ2v) is 6.72. The van der Waals surface area contributed by atoms with E-state index in [1.54, 1.807) is 6.20 Å². The molecule has 0 aliphatic carbocycles. The van der Waals surface area contributed by atoms with Crippen LogP contribution in [0.5, 0.6) is 0 Å². The van der Waals surface area contributed by atoms with E-state index in [0.29, 0.717) is 23.8 Å². The fourth-order valence-corrected chi connectivity index (χ4v) is 3.46. The van der Waals surface area contributed by atoms with Crippen LogP contribution in [0.2, 0.25) is 0 Å². The van der Waals surface area contributed by atoms with Crippen molar-refractivity contribution in [2.24, 2.45) is 5.92 Å². The van der Waals surface area contributed by atoms with Crippen LogP contribution in [0.4, 0.5) is 0 Å². The van der Waals surface area contributed by atoms with Crippen molar-refractivity contribution in [2.75, 3.05) is 26.2 Å². The Morgan fingerprint density at radius 3 is 2.39 bits per heavy atom. The number of aryl methyl sites for hydroxylation is 1. The molecule has 0 atom stereocenters. The van der Waals surface area contributed by atoms with Gasteiger partial charge in [-0.2, -0.15) is 0 Å². The molecule has 0 N–H and O–H groups in total. The van der Waals surface area contributed by atoms with Gasteiger partial charge in [-0.25, -0.2) is 0 Å². The molecule has 0 spiro atoms.